The molecule has 1 aliphatic rings. The minimum absolute atomic E-state index is 0.287. The number of allylic oxidation sites excluding steroid dienone is 1. The van der Waals surface area contributed by atoms with Gasteiger partial charge in [-0.25, -0.2) is 0 Å². The summed E-state index contributed by atoms with van der Waals surface area (Å²) < 4.78 is 5.24. The number of rotatable bonds is 1. The summed E-state index contributed by atoms with van der Waals surface area (Å²) in [6.07, 6.45) is 8.23. The van der Waals surface area contributed by atoms with Crippen LogP contribution in [0.5, 0.6) is 0 Å². The van der Waals surface area contributed by atoms with Crippen molar-refractivity contribution < 1.29 is 4.74 Å². The van der Waals surface area contributed by atoms with Gasteiger partial charge in [0.1, 0.15) is 6.10 Å². The minimum atomic E-state index is 0.287. The summed E-state index contributed by atoms with van der Waals surface area (Å²) in [5, 5.41) is 0. The lowest BCUT2D eigenvalue weighted by atomic mass is 10.1. The molecule has 1 aliphatic heterocycles. The van der Waals surface area contributed by atoms with Crippen LogP contribution in [0.1, 0.15) is 13.8 Å². The van der Waals surface area contributed by atoms with E-state index in [1.807, 2.05) is 13.0 Å². The first-order valence-electron chi connectivity index (χ1n) is 3.29. The summed E-state index contributed by atoms with van der Waals surface area (Å²) in [4.78, 5) is 0. The molecule has 2 atom stereocenters. The Labute approximate surface area is 56.0 Å². The fraction of sp³-hybridized carbons (Fsp3) is 0.500. The second-order valence-corrected chi connectivity index (χ2v) is 2.31. The smallest absolute Gasteiger partial charge is 0.122 e. The van der Waals surface area contributed by atoms with E-state index in [0.29, 0.717) is 5.92 Å². The average Bonchev–Trinajstić information content (AvgIpc) is 2.18. The van der Waals surface area contributed by atoms with E-state index in [1.165, 1.54) is 0 Å². The van der Waals surface area contributed by atoms with Gasteiger partial charge in [0.25, 0.3) is 0 Å². The molecule has 1 heterocycles. The largest absolute Gasteiger partial charge is 0.494 e. The molecule has 1 heteroatoms. The SMILES string of the molecule is CC=CC1OC=CC1C. The Bertz CT molecular complexity index is 136. The van der Waals surface area contributed by atoms with Crippen molar-refractivity contribution in [3.63, 3.8) is 0 Å². The Morgan fingerprint density at radius 1 is 1.56 bits per heavy atom. The van der Waals surface area contributed by atoms with Gasteiger partial charge in [0.15, 0.2) is 0 Å². The zero-order valence-corrected chi connectivity index (χ0v) is 5.87. The van der Waals surface area contributed by atoms with Gasteiger partial charge in [0.2, 0.25) is 0 Å². The van der Waals surface area contributed by atoms with Gasteiger partial charge >= 0.3 is 0 Å². The highest BCUT2D eigenvalue weighted by Crippen LogP contribution is 2.17. The Balaban J connectivity index is 2.45. The molecule has 1 rings (SSSR count). The van der Waals surface area contributed by atoms with Gasteiger partial charge < -0.3 is 4.74 Å². The Morgan fingerprint density at radius 2 is 2.33 bits per heavy atom. The van der Waals surface area contributed by atoms with E-state index in [4.69, 9.17) is 4.74 Å². The number of hydrogen-bond donors (Lipinski definition) is 0. The summed E-state index contributed by atoms with van der Waals surface area (Å²) in [5.41, 5.74) is 0. The zero-order chi connectivity index (χ0) is 6.69. The van der Waals surface area contributed by atoms with Crippen LogP contribution in [0.2, 0.25) is 0 Å². The molecule has 50 valence electrons. The average molecular weight is 124 g/mol. The van der Waals surface area contributed by atoms with Gasteiger partial charge in [-0.2, -0.15) is 0 Å². The molecule has 0 aromatic rings. The molecule has 0 saturated carbocycles. The third-order valence-electron chi connectivity index (χ3n) is 1.52. The lowest BCUT2D eigenvalue weighted by Gasteiger charge is -2.08. The first kappa shape index (κ1) is 6.40. The minimum Gasteiger partial charge on any atom is -0.494 e. The standard InChI is InChI=1S/C8H12O/c1-3-4-8-7(2)5-6-9-8/h3-8H,1-2H3. The zero-order valence-electron chi connectivity index (χ0n) is 5.87. The fourth-order valence-electron chi connectivity index (χ4n) is 0.904. The lowest BCUT2D eigenvalue weighted by Crippen LogP contribution is -2.09. The Hall–Kier alpha value is -0.720. The van der Waals surface area contributed by atoms with Crippen LogP contribution in [-0.2, 0) is 4.74 Å². The fourth-order valence-corrected chi connectivity index (χ4v) is 0.904. The molecule has 0 spiro atoms. The van der Waals surface area contributed by atoms with Crippen molar-refractivity contribution in [1.29, 1.82) is 0 Å². The van der Waals surface area contributed by atoms with Gasteiger partial charge in [-0.1, -0.05) is 13.0 Å². The van der Waals surface area contributed by atoms with E-state index in [2.05, 4.69) is 19.1 Å². The molecule has 0 aromatic carbocycles. The lowest BCUT2D eigenvalue weighted by molar-refractivity contribution is 0.185. The summed E-state index contributed by atoms with van der Waals surface area (Å²) in [5.74, 6) is 0.543. The van der Waals surface area contributed by atoms with Gasteiger partial charge in [-0.3, -0.25) is 0 Å². The van der Waals surface area contributed by atoms with Gasteiger partial charge in [-0.05, 0) is 19.1 Å². The van der Waals surface area contributed by atoms with Crippen LogP contribution >= 0.6 is 0 Å². The van der Waals surface area contributed by atoms with Crippen molar-refractivity contribution in [3.8, 4) is 0 Å². The maximum atomic E-state index is 5.24. The third-order valence-corrected chi connectivity index (χ3v) is 1.52. The van der Waals surface area contributed by atoms with E-state index >= 15 is 0 Å². The van der Waals surface area contributed by atoms with Crippen LogP contribution in [0.4, 0.5) is 0 Å². The first-order chi connectivity index (χ1) is 4.34. The molecule has 1 nitrogen and oxygen atoms in total. The monoisotopic (exact) mass is 124 g/mol. The van der Waals surface area contributed by atoms with Crippen LogP contribution in [0.15, 0.2) is 24.5 Å². The molecule has 2 unspecified atom stereocenters. The molecule has 0 bridgehead atoms. The molecule has 0 N–H and O–H groups in total. The van der Waals surface area contributed by atoms with Gasteiger partial charge in [0, 0.05) is 5.92 Å². The molecular weight excluding hydrogens is 112 g/mol. The van der Waals surface area contributed by atoms with E-state index < -0.39 is 0 Å². The van der Waals surface area contributed by atoms with Crippen molar-refractivity contribution in [2.24, 2.45) is 5.92 Å². The van der Waals surface area contributed by atoms with E-state index in [1.54, 1.807) is 6.26 Å². The van der Waals surface area contributed by atoms with Crippen LogP contribution in [-0.4, -0.2) is 6.10 Å². The highest BCUT2D eigenvalue weighted by atomic mass is 16.5. The van der Waals surface area contributed by atoms with Crippen molar-refractivity contribution in [2.75, 3.05) is 0 Å². The Morgan fingerprint density at radius 3 is 2.78 bits per heavy atom. The molecule has 0 radical (unpaired) electrons. The van der Waals surface area contributed by atoms with Gasteiger partial charge in [0.05, 0.1) is 6.26 Å². The Kier molecular flexibility index (Phi) is 1.93. The van der Waals surface area contributed by atoms with Gasteiger partial charge in [-0.15, -0.1) is 0 Å². The molecule has 0 amide bonds. The highest BCUT2D eigenvalue weighted by Gasteiger charge is 2.15. The molecule has 0 fully saturated rings. The molecule has 0 aliphatic carbocycles. The summed E-state index contributed by atoms with van der Waals surface area (Å²) >= 11 is 0. The molecule has 9 heavy (non-hydrogen) atoms. The number of hydrogen-bond acceptors (Lipinski definition) is 1. The predicted octanol–water partition coefficient (Wildman–Crippen LogP) is 2.11. The van der Waals surface area contributed by atoms with Crippen molar-refractivity contribution in [3.05, 3.63) is 24.5 Å². The van der Waals surface area contributed by atoms with Crippen LogP contribution < -0.4 is 0 Å². The quantitative estimate of drug-likeness (QED) is 0.486. The molecule has 0 saturated heterocycles. The molecule has 0 aromatic heterocycles. The van der Waals surface area contributed by atoms with Crippen LogP contribution in [0, 0.1) is 5.92 Å². The first-order valence-corrected chi connectivity index (χ1v) is 3.29. The summed E-state index contributed by atoms with van der Waals surface area (Å²) in [7, 11) is 0. The topological polar surface area (TPSA) is 9.23 Å². The van der Waals surface area contributed by atoms with Crippen molar-refractivity contribution in [1.82, 2.24) is 0 Å². The second-order valence-electron chi connectivity index (χ2n) is 2.31. The highest BCUT2D eigenvalue weighted by molar-refractivity contribution is 5.02. The normalized spacial score (nSPS) is 33.6. The van der Waals surface area contributed by atoms with Crippen LogP contribution in [0.3, 0.4) is 0 Å². The van der Waals surface area contributed by atoms with E-state index in [0.717, 1.165) is 0 Å². The summed E-state index contributed by atoms with van der Waals surface area (Å²) in [6.45, 7) is 4.16. The maximum absolute atomic E-state index is 5.24. The maximum Gasteiger partial charge on any atom is 0.122 e. The van der Waals surface area contributed by atoms with Crippen molar-refractivity contribution in [2.45, 2.75) is 20.0 Å². The second kappa shape index (κ2) is 2.72. The predicted molar refractivity (Wildman–Crippen MR) is 38.0 cm³/mol. The van der Waals surface area contributed by atoms with Crippen LogP contribution in [0.25, 0.3) is 0 Å². The molecular formula is C8H12O. The van der Waals surface area contributed by atoms with E-state index in [9.17, 15) is 0 Å². The summed E-state index contributed by atoms with van der Waals surface area (Å²) in [6, 6.07) is 0. The van der Waals surface area contributed by atoms with Crippen molar-refractivity contribution >= 4 is 0 Å². The third kappa shape index (κ3) is 1.35. The van der Waals surface area contributed by atoms with E-state index in [-0.39, 0.29) is 6.10 Å². The number of ether oxygens (including phenoxy) is 1.